The zero-order chi connectivity index (χ0) is 21.9. The number of carboxylic acids is 1. The van der Waals surface area contributed by atoms with Crippen LogP contribution in [-0.4, -0.2) is 29.6 Å². The molecule has 0 saturated heterocycles. The van der Waals surface area contributed by atoms with Crippen molar-refractivity contribution in [3.63, 3.8) is 0 Å². The summed E-state index contributed by atoms with van der Waals surface area (Å²) in [4.78, 5) is 64.5. The minimum Gasteiger partial charge on any atom is -0.545 e. The smallest absolute Gasteiger partial charge is 0.266 e. The number of hydrogen-bond donors (Lipinski definition) is 0. The molecule has 150 valence electrons. The van der Waals surface area contributed by atoms with Crippen molar-refractivity contribution in [1.29, 1.82) is 0 Å². The zero-order valence-electron chi connectivity index (χ0n) is 15.7. The molecule has 3 aromatic rings. The minimum absolute atomic E-state index is 0.0838. The van der Waals surface area contributed by atoms with E-state index in [1.807, 2.05) is 0 Å². The maximum absolute atomic E-state index is 12.8. The normalized spacial score (nSPS) is 14.8. The van der Waals surface area contributed by atoms with Gasteiger partial charge in [0, 0.05) is 5.56 Å². The molecule has 0 bridgehead atoms. The summed E-state index contributed by atoms with van der Waals surface area (Å²) in [6, 6.07) is 15.8. The van der Waals surface area contributed by atoms with Crippen LogP contribution in [0.15, 0.2) is 66.7 Å². The molecule has 0 fully saturated rings. The molecule has 0 N–H and O–H groups in total. The second-order valence-corrected chi connectivity index (χ2v) is 7.01. The van der Waals surface area contributed by atoms with Gasteiger partial charge >= 0.3 is 0 Å². The molecule has 0 unspecified atom stereocenters. The number of benzene rings is 3. The maximum atomic E-state index is 12.8. The van der Waals surface area contributed by atoms with E-state index in [4.69, 9.17) is 0 Å². The SMILES string of the molecule is O=C([O-])c1cc(N2C(=O)c3ccccc3C2=O)cc(N2C(=O)c3ccccc3C2=O)c1. The predicted molar refractivity (Wildman–Crippen MR) is 106 cm³/mol. The van der Waals surface area contributed by atoms with Gasteiger partial charge in [-0.05, 0) is 42.5 Å². The Morgan fingerprint density at radius 1 is 0.581 bits per heavy atom. The number of imide groups is 2. The van der Waals surface area contributed by atoms with Crippen LogP contribution in [0.2, 0.25) is 0 Å². The van der Waals surface area contributed by atoms with E-state index in [9.17, 15) is 29.1 Å². The third kappa shape index (κ3) is 2.58. The van der Waals surface area contributed by atoms with Crippen LogP contribution in [0.1, 0.15) is 51.8 Å². The van der Waals surface area contributed by atoms with Crippen LogP contribution in [0.5, 0.6) is 0 Å². The van der Waals surface area contributed by atoms with Crippen molar-refractivity contribution in [1.82, 2.24) is 0 Å². The molecule has 8 heteroatoms. The van der Waals surface area contributed by atoms with Crippen LogP contribution in [-0.2, 0) is 0 Å². The van der Waals surface area contributed by atoms with Crippen molar-refractivity contribution in [3.05, 3.63) is 94.5 Å². The van der Waals surface area contributed by atoms with Gasteiger partial charge in [0.05, 0.1) is 39.6 Å². The van der Waals surface area contributed by atoms with E-state index < -0.39 is 29.6 Å². The van der Waals surface area contributed by atoms with E-state index in [-0.39, 0.29) is 39.2 Å². The number of aromatic carboxylic acids is 1. The second kappa shape index (κ2) is 6.46. The number of fused-ring (bicyclic) bond motifs is 2. The fraction of sp³-hybridized carbons (Fsp3) is 0. The maximum Gasteiger partial charge on any atom is 0.266 e. The minimum atomic E-state index is -1.59. The van der Waals surface area contributed by atoms with E-state index in [1.165, 1.54) is 30.3 Å². The molecule has 31 heavy (non-hydrogen) atoms. The average molecular weight is 411 g/mol. The molecule has 2 aliphatic heterocycles. The monoisotopic (exact) mass is 411 g/mol. The number of carbonyl (C=O) groups is 5. The molecule has 5 rings (SSSR count). The van der Waals surface area contributed by atoms with Gasteiger partial charge in [-0.1, -0.05) is 24.3 Å². The lowest BCUT2D eigenvalue weighted by Crippen LogP contribution is -2.33. The first-order chi connectivity index (χ1) is 14.9. The molecule has 8 nitrogen and oxygen atoms in total. The first kappa shape index (κ1) is 18.4. The molecule has 3 aromatic carbocycles. The first-order valence-electron chi connectivity index (χ1n) is 9.20. The van der Waals surface area contributed by atoms with Crippen LogP contribution >= 0.6 is 0 Å². The average Bonchev–Trinajstić information content (AvgIpc) is 3.18. The lowest BCUT2D eigenvalue weighted by atomic mass is 10.1. The van der Waals surface area contributed by atoms with Crippen molar-refractivity contribution < 1.29 is 29.1 Å². The van der Waals surface area contributed by atoms with Gasteiger partial charge in [-0.25, -0.2) is 9.80 Å². The van der Waals surface area contributed by atoms with E-state index in [0.29, 0.717) is 0 Å². The highest BCUT2D eigenvalue weighted by atomic mass is 16.4. The van der Waals surface area contributed by atoms with E-state index >= 15 is 0 Å². The number of hydrogen-bond acceptors (Lipinski definition) is 6. The number of carboxylic acid groups (broad SMARTS) is 1. The van der Waals surface area contributed by atoms with Crippen LogP contribution < -0.4 is 14.9 Å². The Labute approximate surface area is 174 Å². The lowest BCUT2D eigenvalue weighted by Gasteiger charge is -2.21. The molecule has 2 heterocycles. The number of rotatable bonds is 3. The number of nitrogens with zero attached hydrogens (tertiary/aromatic N) is 2. The Morgan fingerprint density at radius 3 is 1.19 bits per heavy atom. The van der Waals surface area contributed by atoms with Gasteiger partial charge in [-0.3, -0.25) is 19.2 Å². The molecule has 2 aliphatic rings. The molecule has 0 aromatic heterocycles. The molecule has 0 saturated carbocycles. The summed E-state index contributed by atoms with van der Waals surface area (Å²) >= 11 is 0. The number of anilines is 2. The lowest BCUT2D eigenvalue weighted by molar-refractivity contribution is -0.255. The van der Waals surface area contributed by atoms with Crippen LogP contribution in [0, 0.1) is 0 Å². The fourth-order valence-electron chi connectivity index (χ4n) is 3.82. The van der Waals surface area contributed by atoms with Crippen LogP contribution in [0.3, 0.4) is 0 Å². The van der Waals surface area contributed by atoms with E-state index in [2.05, 4.69) is 0 Å². The standard InChI is InChI=1S/C23H12N2O6/c26-19-15-5-1-2-6-16(15)20(27)24(19)13-9-12(23(30)31)10-14(11-13)25-21(28)17-7-3-4-8-18(17)22(25)29/h1-11H,(H,30,31)/p-1. The van der Waals surface area contributed by atoms with Crippen molar-refractivity contribution >= 4 is 41.0 Å². The van der Waals surface area contributed by atoms with E-state index in [0.717, 1.165) is 21.9 Å². The molecule has 0 aliphatic carbocycles. The molecule has 0 atom stereocenters. The molecule has 4 amide bonds. The third-order valence-electron chi connectivity index (χ3n) is 5.24. The van der Waals surface area contributed by atoms with Gasteiger partial charge < -0.3 is 9.90 Å². The molecule has 0 spiro atoms. The summed E-state index contributed by atoms with van der Waals surface area (Å²) in [6.07, 6.45) is 0. The van der Waals surface area contributed by atoms with Crippen LogP contribution in [0.4, 0.5) is 11.4 Å². The summed E-state index contributed by atoms with van der Waals surface area (Å²) in [7, 11) is 0. The Balaban J connectivity index is 1.65. The predicted octanol–water partition coefficient (Wildman–Crippen LogP) is 1.65. The number of carbonyl (C=O) groups excluding carboxylic acids is 5. The van der Waals surface area contributed by atoms with Crippen LogP contribution in [0.25, 0.3) is 0 Å². The van der Waals surface area contributed by atoms with Gasteiger partial charge in [0.25, 0.3) is 23.6 Å². The highest BCUT2D eigenvalue weighted by molar-refractivity contribution is 6.36. The Kier molecular flexibility index (Phi) is 3.84. The molecular weight excluding hydrogens is 400 g/mol. The molecular formula is C23H11N2O6-. The van der Waals surface area contributed by atoms with Crippen molar-refractivity contribution in [2.24, 2.45) is 0 Å². The Bertz CT molecular complexity index is 1200. The summed E-state index contributed by atoms with van der Waals surface area (Å²) < 4.78 is 0. The quantitative estimate of drug-likeness (QED) is 0.606. The van der Waals surface area contributed by atoms with Crippen molar-refractivity contribution in [2.45, 2.75) is 0 Å². The second-order valence-electron chi connectivity index (χ2n) is 7.01. The summed E-state index contributed by atoms with van der Waals surface area (Å²) in [5.41, 5.74) is 0.143. The Hall–Kier alpha value is -4.59. The summed E-state index contributed by atoms with van der Waals surface area (Å²) in [5.74, 6) is -4.13. The highest BCUT2D eigenvalue weighted by Crippen LogP contribution is 2.35. The summed E-state index contributed by atoms with van der Waals surface area (Å²) in [5, 5.41) is 11.6. The van der Waals surface area contributed by atoms with Crippen molar-refractivity contribution in [3.8, 4) is 0 Å². The van der Waals surface area contributed by atoms with Gasteiger partial charge in [-0.15, -0.1) is 0 Å². The third-order valence-corrected chi connectivity index (χ3v) is 5.24. The van der Waals surface area contributed by atoms with Gasteiger partial charge in [0.2, 0.25) is 0 Å². The number of amides is 4. The first-order valence-corrected chi connectivity index (χ1v) is 9.20. The Morgan fingerprint density at radius 2 is 0.903 bits per heavy atom. The van der Waals surface area contributed by atoms with Crippen molar-refractivity contribution in [2.75, 3.05) is 9.80 Å². The summed E-state index contributed by atoms with van der Waals surface area (Å²) in [6.45, 7) is 0. The zero-order valence-corrected chi connectivity index (χ0v) is 15.7. The highest BCUT2D eigenvalue weighted by Gasteiger charge is 2.39. The van der Waals surface area contributed by atoms with E-state index in [1.54, 1.807) is 24.3 Å². The van der Waals surface area contributed by atoms with Gasteiger partial charge in [-0.2, -0.15) is 0 Å². The topological polar surface area (TPSA) is 115 Å². The van der Waals surface area contributed by atoms with Gasteiger partial charge in [0.1, 0.15) is 0 Å². The largest absolute Gasteiger partial charge is 0.545 e. The fourth-order valence-corrected chi connectivity index (χ4v) is 3.82. The molecule has 0 radical (unpaired) electrons. The van der Waals surface area contributed by atoms with Gasteiger partial charge in [0.15, 0.2) is 0 Å².